The van der Waals surface area contributed by atoms with Gasteiger partial charge in [0.25, 0.3) is 5.56 Å². The molecule has 4 rings (SSSR count). The molecule has 0 saturated carbocycles. The van der Waals surface area contributed by atoms with E-state index < -0.39 is 5.97 Å². The normalized spacial score (nSPS) is 11.1. The number of fused-ring (bicyclic) bond motifs is 3. The molecule has 0 fully saturated rings. The molecule has 0 aliphatic heterocycles. The fraction of sp³-hybridized carbons (Fsp3) is 0.111. The molecule has 2 aromatic heterocycles. The monoisotopic (exact) mass is 334 g/mol. The minimum atomic E-state index is -0.418. The number of ether oxygens (including phenoxy) is 1. The van der Waals surface area contributed by atoms with Crippen molar-refractivity contribution in [1.29, 1.82) is 0 Å². The number of nitrogens with one attached hydrogen (secondary N) is 1. The van der Waals surface area contributed by atoms with Gasteiger partial charge in [0, 0.05) is 5.56 Å². The summed E-state index contributed by atoms with van der Waals surface area (Å²) >= 11 is 0. The largest absolute Gasteiger partial charge is 0.462 e. The predicted molar refractivity (Wildman–Crippen MR) is 92.5 cm³/mol. The van der Waals surface area contributed by atoms with Crippen LogP contribution in [0, 0.1) is 0 Å². The van der Waals surface area contributed by atoms with Crippen LogP contribution in [0.4, 0.5) is 0 Å². The second-order valence-electron chi connectivity index (χ2n) is 5.46. The molecule has 7 heteroatoms. The Morgan fingerprint density at radius 1 is 1.16 bits per heavy atom. The Morgan fingerprint density at radius 3 is 2.72 bits per heavy atom. The molecule has 7 nitrogen and oxygen atoms in total. The van der Waals surface area contributed by atoms with E-state index >= 15 is 0 Å². The molecule has 25 heavy (non-hydrogen) atoms. The van der Waals surface area contributed by atoms with Gasteiger partial charge in [-0.25, -0.2) is 4.79 Å². The molecule has 0 bridgehead atoms. The smallest absolute Gasteiger partial charge is 0.338 e. The number of hydrogen-bond acceptors (Lipinski definition) is 5. The Morgan fingerprint density at radius 2 is 1.96 bits per heavy atom. The van der Waals surface area contributed by atoms with Crippen molar-refractivity contribution in [3.63, 3.8) is 0 Å². The van der Waals surface area contributed by atoms with Gasteiger partial charge < -0.3 is 9.72 Å². The van der Waals surface area contributed by atoms with Crippen molar-refractivity contribution in [1.82, 2.24) is 19.6 Å². The van der Waals surface area contributed by atoms with Gasteiger partial charge in [0.2, 0.25) is 5.65 Å². The zero-order valence-electron chi connectivity index (χ0n) is 13.4. The molecule has 0 atom stereocenters. The van der Waals surface area contributed by atoms with Gasteiger partial charge in [-0.2, -0.15) is 0 Å². The fourth-order valence-electron chi connectivity index (χ4n) is 2.78. The molecule has 0 unspecified atom stereocenters. The molecule has 4 aromatic rings. The topological polar surface area (TPSA) is 89.4 Å². The average molecular weight is 334 g/mol. The lowest BCUT2D eigenvalue weighted by Gasteiger charge is -2.07. The molecule has 1 N–H and O–H groups in total. The third kappa shape index (κ3) is 2.46. The molecule has 2 heterocycles. The number of aromatic nitrogens is 4. The quantitative estimate of drug-likeness (QED) is 0.581. The number of esters is 1. The van der Waals surface area contributed by atoms with Gasteiger partial charge in [0.05, 0.1) is 23.2 Å². The summed E-state index contributed by atoms with van der Waals surface area (Å²) in [5.41, 5.74) is 2.27. The van der Waals surface area contributed by atoms with Crippen LogP contribution in [0.1, 0.15) is 17.3 Å². The van der Waals surface area contributed by atoms with Gasteiger partial charge in [-0.1, -0.05) is 30.3 Å². The van der Waals surface area contributed by atoms with E-state index in [1.54, 1.807) is 29.5 Å². The lowest BCUT2D eigenvalue weighted by Crippen LogP contribution is -2.12. The summed E-state index contributed by atoms with van der Waals surface area (Å²) in [6.45, 7) is 2.04. The number of carbonyl (C=O) groups excluding carboxylic acids is 1. The molecule has 124 valence electrons. The highest BCUT2D eigenvalue weighted by atomic mass is 16.5. The van der Waals surface area contributed by atoms with E-state index in [1.165, 1.54) is 0 Å². The lowest BCUT2D eigenvalue weighted by atomic mass is 10.1. The maximum atomic E-state index is 12.3. The van der Waals surface area contributed by atoms with Crippen LogP contribution in [0.3, 0.4) is 0 Å². The van der Waals surface area contributed by atoms with Gasteiger partial charge in [0.1, 0.15) is 0 Å². The summed E-state index contributed by atoms with van der Waals surface area (Å²) in [5, 5.41) is 8.17. The Balaban J connectivity index is 2.06. The predicted octanol–water partition coefficient (Wildman–Crippen LogP) is 2.41. The van der Waals surface area contributed by atoms with Gasteiger partial charge in [-0.3, -0.25) is 9.20 Å². The van der Waals surface area contributed by atoms with Crippen LogP contribution in [-0.2, 0) is 4.74 Å². The van der Waals surface area contributed by atoms with E-state index in [1.807, 2.05) is 30.3 Å². The molecular weight excluding hydrogens is 320 g/mol. The van der Waals surface area contributed by atoms with Crippen molar-refractivity contribution in [2.45, 2.75) is 6.92 Å². The van der Waals surface area contributed by atoms with E-state index in [2.05, 4.69) is 15.2 Å². The summed E-state index contributed by atoms with van der Waals surface area (Å²) in [6.07, 6.45) is 0. The first-order valence-electron chi connectivity index (χ1n) is 7.82. The highest BCUT2D eigenvalue weighted by Gasteiger charge is 2.16. The summed E-state index contributed by atoms with van der Waals surface area (Å²) in [7, 11) is 0. The molecule has 0 aliphatic rings. The van der Waals surface area contributed by atoms with E-state index in [0.717, 1.165) is 5.56 Å². The number of nitrogens with zero attached hydrogens (tertiary/aromatic N) is 3. The van der Waals surface area contributed by atoms with Crippen LogP contribution in [0.5, 0.6) is 0 Å². The molecule has 0 amide bonds. The Bertz CT molecular complexity index is 1150. The summed E-state index contributed by atoms with van der Waals surface area (Å²) in [4.78, 5) is 27.1. The van der Waals surface area contributed by atoms with Crippen LogP contribution < -0.4 is 5.56 Å². The standard InChI is InChI=1S/C18H14N4O3/c1-2-25-18(24)12-8-9-13-14(10-12)22-15(11-6-4-3-5-7-11)20-21-16(22)17(23)19-13/h3-10H,2H2,1H3,(H,19,23). The number of rotatable bonds is 3. The Hall–Kier alpha value is -3.48. The van der Waals surface area contributed by atoms with Crippen molar-refractivity contribution >= 4 is 22.6 Å². The van der Waals surface area contributed by atoms with E-state index in [0.29, 0.717) is 29.0 Å². The van der Waals surface area contributed by atoms with Crippen molar-refractivity contribution < 1.29 is 9.53 Å². The Labute approximate surface area is 141 Å². The summed E-state index contributed by atoms with van der Waals surface area (Å²) in [5.74, 6) is 0.116. The summed E-state index contributed by atoms with van der Waals surface area (Å²) < 4.78 is 6.72. The lowest BCUT2D eigenvalue weighted by molar-refractivity contribution is 0.0526. The van der Waals surface area contributed by atoms with Crippen LogP contribution in [0.25, 0.3) is 28.1 Å². The highest BCUT2D eigenvalue weighted by molar-refractivity contribution is 5.94. The number of aromatic amines is 1. The average Bonchev–Trinajstić information content (AvgIpc) is 3.08. The number of benzene rings is 2. The minimum Gasteiger partial charge on any atom is -0.462 e. The van der Waals surface area contributed by atoms with Crippen molar-refractivity contribution in [2.24, 2.45) is 0 Å². The molecule has 0 saturated heterocycles. The van der Waals surface area contributed by atoms with Crippen molar-refractivity contribution in [2.75, 3.05) is 6.61 Å². The molecule has 2 aromatic carbocycles. The Kier molecular flexibility index (Phi) is 3.53. The minimum absolute atomic E-state index is 0.173. The third-order valence-electron chi connectivity index (χ3n) is 3.90. The van der Waals surface area contributed by atoms with Gasteiger partial charge >= 0.3 is 5.97 Å². The van der Waals surface area contributed by atoms with Crippen LogP contribution >= 0.6 is 0 Å². The first-order chi connectivity index (χ1) is 12.2. The van der Waals surface area contributed by atoms with Crippen LogP contribution in [0.2, 0.25) is 0 Å². The van der Waals surface area contributed by atoms with Gasteiger partial charge in [-0.05, 0) is 25.1 Å². The molecule has 0 radical (unpaired) electrons. The van der Waals surface area contributed by atoms with Crippen LogP contribution in [0.15, 0.2) is 53.3 Å². The van der Waals surface area contributed by atoms with E-state index in [4.69, 9.17) is 4.74 Å². The zero-order valence-corrected chi connectivity index (χ0v) is 13.4. The summed E-state index contributed by atoms with van der Waals surface area (Å²) in [6, 6.07) is 14.4. The molecule has 0 spiro atoms. The van der Waals surface area contributed by atoms with E-state index in [9.17, 15) is 9.59 Å². The maximum absolute atomic E-state index is 12.3. The first-order valence-corrected chi connectivity index (χ1v) is 7.82. The van der Waals surface area contributed by atoms with Crippen LogP contribution in [-0.4, -0.2) is 32.2 Å². The second-order valence-corrected chi connectivity index (χ2v) is 5.46. The maximum Gasteiger partial charge on any atom is 0.338 e. The zero-order chi connectivity index (χ0) is 17.4. The van der Waals surface area contributed by atoms with Gasteiger partial charge in [-0.15, -0.1) is 10.2 Å². The highest BCUT2D eigenvalue weighted by Crippen LogP contribution is 2.22. The molecular formula is C18H14N4O3. The fourth-order valence-corrected chi connectivity index (χ4v) is 2.78. The number of H-pyrrole nitrogens is 1. The van der Waals surface area contributed by atoms with Gasteiger partial charge in [0.15, 0.2) is 5.82 Å². The second kappa shape index (κ2) is 5.86. The SMILES string of the molecule is CCOC(=O)c1ccc2[nH]c(=O)c3nnc(-c4ccccc4)n3c2c1. The third-order valence-corrected chi connectivity index (χ3v) is 3.90. The molecule has 0 aliphatic carbocycles. The van der Waals surface area contributed by atoms with Crippen molar-refractivity contribution in [3.8, 4) is 11.4 Å². The number of carbonyl (C=O) groups is 1. The van der Waals surface area contributed by atoms with Crippen molar-refractivity contribution in [3.05, 3.63) is 64.4 Å². The first kappa shape index (κ1) is 15.1. The van der Waals surface area contributed by atoms with E-state index in [-0.39, 0.29) is 11.2 Å². The number of hydrogen-bond donors (Lipinski definition) is 1.